The van der Waals surface area contributed by atoms with Gasteiger partial charge in [0.15, 0.2) is 0 Å². The lowest BCUT2D eigenvalue weighted by molar-refractivity contribution is 0.414. The van der Waals surface area contributed by atoms with E-state index in [1.165, 1.54) is 0 Å². The average Bonchev–Trinajstić information content (AvgIpc) is 2.37. The minimum absolute atomic E-state index is 0.0442. The van der Waals surface area contributed by atoms with Crippen molar-refractivity contribution in [3.05, 3.63) is 51.8 Å². The number of hydrogen-bond donors (Lipinski definition) is 0. The Morgan fingerprint density at radius 2 is 1.78 bits per heavy atom. The molecule has 2 rings (SSSR count). The molecule has 3 nitrogen and oxygen atoms in total. The summed E-state index contributed by atoms with van der Waals surface area (Å²) in [7, 11) is 3.45. The summed E-state index contributed by atoms with van der Waals surface area (Å²) in [5.41, 5.74) is 3.87. The lowest BCUT2D eigenvalue weighted by Crippen LogP contribution is -2.20. The Kier molecular flexibility index (Phi) is 3.24. The van der Waals surface area contributed by atoms with Gasteiger partial charge in [-0.3, -0.25) is 4.79 Å². The summed E-state index contributed by atoms with van der Waals surface area (Å²) < 4.78 is 6.88. The van der Waals surface area contributed by atoms with Crippen molar-refractivity contribution < 1.29 is 4.74 Å². The highest BCUT2D eigenvalue weighted by Gasteiger charge is 2.08. The normalized spacial score (nSPS) is 10.4. The molecule has 0 aliphatic carbocycles. The van der Waals surface area contributed by atoms with Gasteiger partial charge in [-0.15, -0.1) is 0 Å². The summed E-state index contributed by atoms with van der Waals surface area (Å²) in [4.78, 5) is 11.9. The third kappa shape index (κ3) is 2.04. The monoisotopic (exact) mass is 243 g/mol. The van der Waals surface area contributed by atoms with Crippen LogP contribution in [0, 0.1) is 13.8 Å². The molecule has 94 valence electrons. The molecule has 0 N–H and O–H groups in total. The number of aryl methyl sites for hydroxylation is 2. The van der Waals surface area contributed by atoms with Gasteiger partial charge in [-0.25, -0.2) is 0 Å². The van der Waals surface area contributed by atoms with Crippen molar-refractivity contribution in [1.29, 1.82) is 0 Å². The Labute approximate surface area is 107 Å². The molecule has 0 amide bonds. The van der Waals surface area contributed by atoms with E-state index >= 15 is 0 Å². The molecule has 0 aliphatic rings. The second-order valence-corrected chi connectivity index (χ2v) is 4.45. The van der Waals surface area contributed by atoms with Crippen molar-refractivity contribution in [2.24, 2.45) is 7.05 Å². The van der Waals surface area contributed by atoms with Gasteiger partial charge in [0.25, 0.3) is 5.56 Å². The minimum Gasteiger partial charge on any atom is -0.497 e. The van der Waals surface area contributed by atoms with Crippen LogP contribution < -0.4 is 10.3 Å². The predicted octanol–water partition coefficient (Wildman–Crippen LogP) is 2.68. The van der Waals surface area contributed by atoms with Crippen molar-refractivity contribution in [1.82, 2.24) is 4.57 Å². The first-order valence-corrected chi connectivity index (χ1v) is 5.86. The van der Waals surface area contributed by atoms with Crippen molar-refractivity contribution in [2.75, 3.05) is 7.11 Å². The van der Waals surface area contributed by atoms with E-state index in [1.54, 1.807) is 18.7 Å². The van der Waals surface area contributed by atoms with Crippen LogP contribution >= 0.6 is 0 Å². The summed E-state index contributed by atoms with van der Waals surface area (Å²) >= 11 is 0. The Morgan fingerprint density at radius 1 is 1.06 bits per heavy atom. The molecule has 0 radical (unpaired) electrons. The van der Waals surface area contributed by atoms with Crippen molar-refractivity contribution >= 4 is 0 Å². The molecule has 0 saturated carbocycles. The number of aromatic nitrogens is 1. The fraction of sp³-hybridized carbons (Fsp3) is 0.267. The number of nitrogens with zero attached hydrogens (tertiary/aromatic N) is 1. The standard InChI is InChI=1S/C15H17NO2/c1-10-5-8-14(16(3)15(10)17)13-7-6-12(18-4)9-11(13)2/h5-9H,1-4H3. The number of hydrogen-bond acceptors (Lipinski definition) is 2. The van der Waals surface area contributed by atoms with Crippen LogP contribution in [0.5, 0.6) is 5.75 Å². The van der Waals surface area contributed by atoms with Crippen molar-refractivity contribution in [3.8, 4) is 17.0 Å². The molecule has 3 heteroatoms. The highest BCUT2D eigenvalue weighted by Crippen LogP contribution is 2.25. The van der Waals surface area contributed by atoms with Crippen LogP contribution in [0.1, 0.15) is 11.1 Å². The first kappa shape index (κ1) is 12.4. The average molecular weight is 243 g/mol. The lowest BCUT2D eigenvalue weighted by atomic mass is 10.0. The Balaban J connectivity index is 2.63. The quantitative estimate of drug-likeness (QED) is 0.812. The van der Waals surface area contributed by atoms with Gasteiger partial charge in [-0.2, -0.15) is 0 Å². The zero-order valence-corrected chi connectivity index (χ0v) is 11.2. The zero-order chi connectivity index (χ0) is 13.3. The fourth-order valence-corrected chi connectivity index (χ4v) is 2.08. The summed E-state index contributed by atoms with van der Waals surface area (Å²) in [5.74, 6) is 0.827. The first-order chi connectivity index (χ1) is 8.54. The molecule has 1 aromatic carbocycles. The maximum atomic E-state index is 11.9. The number of benzene rings is 1. The molecule has 0 bridgehead atoms. The second-order valence-electron chi connectivity index (χ2n) is 4.45. The van der Waals surface area contributed by atoms with Crippen LogP contribution in [0.25, 0.3) is 11.3 Å². The van der Waals surface area contributed by atoms with Gasteiger partial charge in [-0.05, 0) is 43.7 Å². The van der Waals surface area contributed by atoms with Crippen LogP contribution in [0.15, 0.2) is 35.1 Å². The number of ether oxygens (including phenoxy) is 1. The van der Waals surface area contributed by atoms with Crippen molar-refractivity contribution in [3.63, 3.8) is 0 Å². The first-order valence-electron chi connectivity index (χ1n) is 5.86. The van der Waals surface area contributed by atoms with Crippen LogP contribution in [0.3, 0.4) is 0 Å². The van der Waals surface area contributed by atoms with Gasteiger partial charge in [0, 0.05) is 18.2 Å². The molecular formula is C15H17NO2. The molecule has 1 heterocycles. The summed E-state index contributed by atoms with van der Waals surface area (Å²) in [6, 6.07) is 9.71. The predicted molar refractivity (Wildman–Crippen MR) is 73.1 cm³/mol. The van der Waals surface area contributed by atoms with Gasteiger partial charge in [0.2, 0.25) is 0 Å². The zero-order valence-electron chi connectivity index (χ0n) is 11.2. The fourth-order valence-electron chi connectivity index (χ4n) is 2.08. The SMILES string of the molecule is COc1ccc(-c2ccc(C)c(=O)n2C)c(C)c1. The summed E-state index contributed by atoms with van der Waals surface area (Å²) in [6.45, 7) is 3.84. The lowest BCUT2D eigenvalue weighted by Gasteiger charge is -2.12. The third-order valence-electron chi connectivity index (χ3n) is 3.20. The highest BCUT2D eigenvalue weighted by molar-refractivity contribution is 5.65. The van der Waals surface area contributed by atoms with Crippen molar-refractivity contribution in [2.45, 2.75) is 13.8 Å². The van der Waals surface area contributed by atoms with Crippen LogP contribution in [0.4, 0.5) is 0 Å². The van der Waals surface area contributed by atoms with E-state index in [0.717, 1.165) is 28.1 Å². The third-order valence-corrected chi connectivity index (χ3v) is 3.20. The van der Waals surface area contributed by atoms with E-state index in [0.29, 0.717) is 0 Å². The second kappa shape index (κ2) is 4.69. The van der Waals surface area contributed by atoms with E-state index in [9.17, 15) is 4.79 Å². The smallest absolute Gasteiger partial charge is 0.253 e. The number of methoxy groups -OCH3 is 1. The molecular weight excluding hydrogens is 226 g/mol. The number of pyridine rings is 1. The molecule has 1 aromatic heterocycles. The number of rotatable bonds is 2. The van der Waals surface area contributed by atoms with Crippen LogP contribution in [-0.2, 0) is 7.05 Å². The van der Waals surface area contributed by atoms with E-state index in [1.807, 2.05) is 44.2 Å². The summed E-state index contributed by atoms with van der Waals surface area (Å²) in [6.07, 6.45) is 0. The van der Waals surface area contributed by atoms with Gasteiger partial charge in [0.1, 0.15) is 5.75 Å². The molecule has 0 atom stereocenters. The Morgan fingerprint density at radius 3 is 2.39 bits per heavy atom. The molecule has 0 aliphatic heterocycles. The van der Waals surface area contributed by atoms with E-state index < -0.39 is 0 Å². The van der Waals surface area contributed by atoms with Gasteiger partial charge >= 0.3 is 0 Å². The molecule has 18 heavy (non-hydrogen) atoms. The minimum atomic E-state index is 0.0442. The Hall–Kier alpha value is -2.03. The van der Waals surface area contributed by atoms with Crippen LogP contribution in [0.2, 0.25) is 0 Å². The topological polar surface area (TPSA) is 31.2 Å². The molecule has 0 saturated heterocycles. The van der Waals surface area contributed by atoms with Crippen LogP contribution in [-0.4, -0.2) is 11.7 Å². The van der Waals surface area contributed by atoms with Gasteiger partial charge < -0.3 is 9.30 Å². The maximum absolute atomic E-state index is 11.9. The highest BCUT2D eigenvalue weighted by atomic mass is 16.5. The van der Waals surface area contributed by atoms with Gasteiger partial charge in [-0.1, -0.05) is 6.07 Å². The van der Waals surface area contributed by atoms with E-state index in [2.05, 4.69) is 0 Å². The molecule has 0 spiro atoms. The largest absolute Gasteiger partial charge is 0.497 e. The molecule has 2 aromatic rings. The molecule has 0 fully saturated rings. The summed E-state index contributed by atoms with van der Waals surface area (Å²) in [5, 5.41) is 0. The van der Waals surface area contributed by atoms with E-state index in [-0.39, 0.29) is 5.56 Å². The van der Waals surface area contributed by atoms with Gasteiger partial charge in [0.05, 0.1) is 12.8 Å². The maximum Gasteiger partial charge on any atom is 0.253 e. The Bertz CT molecular complexity index is 641. The van der Waals surface area contributed by atoms with E-state index in [4.69, 9.17) is 4.74 Å². The molecule has 0 unspecified atom stereocenters.